The van der Waals surface area contributed by atoms with Crippen molar-refractivity contribution in [1.82, 2.24) is 24.8 Å². The first-order valence-electron chi connectivity index (χ1n) is 8.05. The molecule has 0 saturated heterocycles. The lowest BCUT2D eigenvalue weighted by molar-refractivity contribution is 0.424. The Morgan fingerprint density at radius 2 is 1.92 bits per heavy atom. The number of imidazole rings is 1. The van der Waals surface area contributed by atoms with Gasteiger partial charge in [0, 0.05) is 12.4 Å². The van der Waals surface area contributed by atoms with E-state index in [-0.39, 0.29) is 5.37 Å². The first kappa shape index (κ1) is 16.9. The summed E-state index contributed by atoms with van der Waals surface area (Å²) in [6.45, 7) is 6.00. The minimum absolute atomic E-state index is 0.00534. The molecule has 0 unspecified atom stereocenters. The van der Waals surface area contributed by atoms with Crippen molar-refractivity contribution >= 4 is 39.2 Å². The van der Waals surface area contributed by atoms with E-state index in [1.807, 2.05) is 29.6 Å². The second-order valence-electron chi connectivity index (χ2n) is 5.83. The Balaban J connectivity index is 1.78. The molecular formula is C17H17N7S2. The molecule has 0 bridgehead atoms. The van der Waals surface area contributed by atoms with Crippen LogP contribution in [0, 0.1) is 13.8 Å². The standard InChI is InChI=1S/C17H17N7S2/c1-11-4-6-14(7-5-11)15-24(22-13(3)25-15)17(23-9-8-18-10-23)19-16-21-20-12(2)26-16/h4-10,15H,1-3H3/b19-17+/t15-/m0/s1. The molecule has 1 aliphatic rings. The minimum Gasteiger partial charge on any atom is -0.275 e. The molecule has 7 nitrogen and oxygen atoms in total. The normalized spacial score (nSPS) is 17.7. The molecule has 0 N–H and O–H groups in total. The van der Waals surface area contributed by atoms with E-state index >= 15 is 0 Å². The lowest BCUT2D eigenvalue weighted by Crippen LogP contribution is -2.31. The summed E-state index contributed by atoms with van der Waals surface area (Å²) in [4.78, 5) is 8.88. The van der Waals surface area contributed by atoms with Crippen LogP contribution in [-0.2, 0) is 0 Å². The quantitative estimate of drug-likeness (QED) is 0.495. The van der Waals surface area contributed by atoms with Crippen molar-refractivity contribution < 1.29 is 0 Å². The van der Waals surface area contributed by atoms with E-state index in [1.54, 1.807) is 24.3 Å². The van der Waals surface area contributed by atoms with Crippen LogP contribution in [0.15, 0.2) is 53.1 Å². The highest BCUT2D eigenvalue weighted by Crippen LogP contribution is 2.40. The second-order valence-corrected chi connectivity index (χ2v) is 8.26. The predicted molar refractivity (Wildman–Crippen MR) is 106 cm³/mol. The van der Waals surface area contributed by atoms with Gasteiger partial charge >= 0.3 is 0 Å². The van der Waals surface area contributed by atoms with Gasteiger partial charge in [-0.3, -0.25) is 4.57 Å². The molecule has 0 spiro atoms. The fourth-order valence-corrected chi connectivity index (χ4v) is 4.10. The second kappa shape index (κ2) is 7.00. The summed E-state index contributed by atoms with van der Waals surface area (Å²) in [5.74, 6) is 0.647. The summed E-state index contributed by atoms with van der Waals surface area (Å²) in [6.07, 6.45) is 5.29. The summed E-state index contributed by atoms with van der Waals surface area (Å²) >= 11 is 3.15. The molecule has 4 rings (SSSR count). The minimum atomic E-state index is 0.00534. The first-order valence-corrected chi connectivity index (χ1v) is 9.74. The van der Waals surface area contributed by atoms with E-state index in [0.717, 1.165) is 10.1 Å². The summed E-state index contributed by atoms with van der Waals surface area (Å²) in [6, 6.07) is 8.50. The molecule has 26 heavy (non-hydrogen) atoms. The van der Waals surface area contributed by atoms with Crippen molar-refractivity contribution in [3.05, 3.63) is 59.1 Å². The molecule has 0 amide bonds. The van der Waals surface area contributed by atoms with Gasteiger partial charge < -0.3 is 0 Å². The first-order chi connectivity index (χ1) is 12.6. The van der Waals surface area contributed by atoms with Crippen LogP contribution in [0.1, 0.15) is 28.4 Å². The van der Waals surface area contributed by atoms with Gasteiger partial charge in [0.15, 0.2) is 0 Å². The van der Waals surface area contributed by atoms with E-state index in [4.69, 9.17) is 10.1 Å². The Kier molecular flexibility index (Phi) is 4.56. The molecule has 0 aliphatic carbocycles. The smallest absolute Gasteiger partial charge is 0.236 e. The van der Waals surface area contributed by atoms with Crippen molar-refractivity contribution in [3.8, 4) is 0 Å². The number of aryl methyl sites for hydroxylation is 2. The number of aliphatic imine (C=N–C) groups is 1. The molecule has 0 radical (unpaired) electrons. The highest BCUT2D eigenvalue weighted by Gasteiger charge is 2.31. The van der Waals surface area contributed by atoms with Gasteiger partial charge in [0.2, 0.25) is 11.1 Å². The number of nitrogens with zero attached hydrogens (tertiary/aromatic N) is 7. The van der Waals surface area contributed by atoms with Gasteiger partial charge in [0.25, 0.3) is 0 Å². The fourth-order valence-electron chi connectivity index (χ4n) is 2.55. The Hall–Kier alpha value is -2.52. The molecule has 3 heterocycles. The molecule has 2 aromatic heterocycles. The number of hydrogen-bond acceptors (Lipinski definition) is 7. The van der Waals surface area contributed by atoms with Crippen LogP contribution in [0.3, 0.4) is 0 Å². The zero-order valence-corrected chi connectivity index (χ0v) is 16.2. The zero-order chi connectivity index (χ0) is 18.1. The third-order valence-electron chi connectivity index (χ3n) is 3.77. The molecule has 0 fully saturated rings. The van der Waals surface area contributed by atoms with Crippen molar-refractivity contribution in [2.24, 2.45) is 10.1 Å². The zero-order valence-electron chi connectivity index (χ0n) is 14.6. The predicted octanol–water partition coefficient (Wildman–Crippen LogP) is 3.97. The van der Waals surface area contributed by atoms with Gasteiger partial charge in [0.05, 0.1) is 5.04 Å². The molecule has 132 valence electrons. The monoisotopic (exact) mass is 383 g/mol. The van der Waals surface area contributed by atoms with Crippen molar-refractivity contribution in [3.63, 3.8) is 0 Å². The lowest BCUT2D eigenvalue weighted by Gasteiger charge is -2.24. The van der Waals surface area contributed by atoms with Gasteiger partial charge in [-0.2, -0.15) is 10.1 Å². The van der Waals surface area contributed by atoms with Gasteiger partial charge in [-0.15, -0.1) is 10.2 Å². The average molecular weight is 384 g/mol. The summed E-state index contributed by atoms with van der Waals surface area (Å²) in [5, 5.41) is 17.3. The van der Waals surface area contributed by atoms with E-state index in [9.17, 15) is 0 Å². The number of benzene rings is 1. The van der Waals surface area contributed by atoms with Crippen molar-refractivity contribution in [2.75, 3.05) is 0 Å². The Morgan fingerprint density at radius 1 is 1.12 bits per heavy atom. The maximum atomic E-state index is 4.72. The van der Waals surface area contributed by atoms with E-state index in [2.05, 4.69) is 46.4 Å². The van der Waals surface area contributed by atoms with Gasteiger partial charge in [-0.1, -0.05) is 52.9 Å². The molecule has 1 atom stereocenters. The summed E-state index contributed by atoms with van der Waals surface area (Å²) in [7, 11) is 0. The lowest BCUT2D eigenvalue weighted by atomic mass is 10.1. The molecule has 1 aliphatic heterocycles. The number of hydrazone groups is 1. The highest BCUT2D eigenvalue weighted by molar-refractivity contribution is 8.14. The van der Waals surface area contributed by atoms with Crippen LogP contribution >= 0.6 is 23.1 Å². The van der Waals surface area contributed by atoms with E-state index in [0.29, 0.717) is 11.1 Å². The Morgan fingerprint density at radius 3 is 2.58 bits per heavy atom. The molecular weight excluding hydrogens is 366 g/mol. The maximum absolute atomic E-state index is 4.72. The Bertz CT molecular complexity index is 957. The summed E-state index contributed by atoms with van der Waals surface area (Å²) < 4.78 is 1.85. The topological polar surface area (TPSA) is 71.6 Å². The van der Waals surface area contributed by atoms with E-state index < -0.39 is 0 Å². The maximum Gasteiger partial charge on any atom is 0.236 e. The molecule has 3 aromatic rings. The van der Waals surface area contributed by atoms with Crippen molar-refractivity contribution in [1.29, 1.82) is 0 Å². The van der Waals surface area contributed by atoms with Crippen LogP contribution < -0.4 is 0 Å². The largest absolute Gasteiger partial charge is 0.275 e. The van der Waals surface area contributed by atoms with E-state index in [1.165, 1.54) is 22.5 Å². The van der Waals surface area contributed by atoms with Crippen molar-refractivity contribution in [2.45, 2.75) is 26.1 Å². The van der Waals surface area contributed by atoms with Crippen LogP contribution in [-0.4, -0.2) is 35.8 Å². The summed E-state index contributed by atoms with van der Waals surface area (Å²) in [5.41, 5.74) is 2.40. The van der Waals surface area contributed by atoms with Crippen LogP contribution in [0.2, 0.25) is 0 Å². The third kappa shape index (κ3) is 3.40. The Labute approximate surface area is 159 Å². The third-order valence-corrected chi connectivity index (χ3v) is 5.62. The van der Waals surface area contributed by atoms with Gasteiger partial charge in [-0.05, 0) is 26.3 Å². The van der Waals surface area contributed by atoms with Crippen LogP contribution in [0.4, 0.5) is 5.13 Å². The van der Waals surface area contributed by atoms with Crippen LogP contribution in [0.25, 0.3) is 0 Å². The molecule has 1 aromatic carbocycles. The number of aromatic nitrogens is 4. The average Bonchev–Trinajstić information content (AvgIpc) is 3.35. The fraction of sp³-hybridized carbons (Fsp3) is 0.235. The SMILES string of the molecule is CC1=NN(/C(=N/c2nnc(C)s2)n2ccnc2)[C@H](c2ccc(C)cc2)S1. The molecule has 9 heteroatoms. The number of hydrogen-bond donors (Lipinski definition) is 0. The van der Waals surface area contributed by atoms with Gasteiger partial charge in [0.1, 0.15) is 16.7 Å². The number of rotatable bonds is 2. The highest BCUT2D eigenvalue weighted by atomic mass is 32.2. The molecule has 0 saturated carbocycles. The van der Waals surface area contributed by atoms with Crippen LogP contribution in [0.5, 0.6) is 0 Å². The number of thioether (sulfide) groups is 1. The van der Waals surface area contributed by atoms with Gasteiger partial charge in [-0.25, -0.2) is 9.99 Å².